The summed E-state index contributed by atoms with van der Waals surface area (Å²) in [5.74, 6) is 2.21. The molecule has 2 unspecified atom stereocenters. The second-order valence-corrected chi connectivity index (χ2v) is 6.01. The van der Waals surface area contributed by atoms with Crippen molar-refractivity contribution in [3.63, 3.8) is 0 Å². The van der Waals surface area contributed by atoms with Crippen LogP contribution >= 0.6 is 0 Å². The lowest BCUT2D eigenvalue weighted by Crippen LogP contribution is -2.46. The fourth-order valence-corrected chi connectivity index (χ4v) is 3.20. The van der Waals surface area contributed by atoms with Crippen LogP contribution in [-0.2, 0) is 4.79 Å². The Hall–Kier alpha value is -1.49. The van der Waals surface area contributed by atoms with Crippen LogP contribution in [-0.4, -0.2) is 46.5 Å². The van der Waals surface area contributed by atoms with E-state index in [-0.39, 0.29) is 11.9 Å². The molecule has 2 fully saturated rings. The van der Waals surface area contributed by atoms with Gasteiger partial charge in [-0.1, -0.05) is 6.92 Å². The summed E-state index contributed by atoms with van der Waals surface area (Å²) >= 11 is 0. The van der Waals surface area contributed by atoms with E-state index in [9.17, 15) is 4.79 Å². The molecule has 1 amide bonds. The van der Waals surface area contributed by atoms with E-state index < -0.39 is 0 Å². The second kappa shape index (κ2) is 5.87. The van der Waals surface area contributed by atoms with Crippen molar-refractivity contribution >= 4 is 5.91 Å². The smallest absolute Gasteiger partial charge is 0.239 e. The van der Waals surface area contributed by atoms with Crippen LogP contribution in [0.2, 0.25) is 0 Å². The summed E-state index contributed by atoms with van der Waals surface area (Å²) in [4.78, 5) is 23.1. The van der Waals surface area contributed by atoms with Gasteiger partial charge in [-0.15, -0.1) is 0 Å². The Morgan fingerprint density at radius 3 is 2.60 bits per heavy atom. The van der Waals surface area contributed by atoms with Crippen molar-refractivity contribution in [2.45, 2.75) is 38.1 Å². The zero-order valence-electron chi connectivity index (χ0n) is 12.0. The molecule has 0 aromatic carbocycles. The van der Waals surface area contributed by atoms with Crippen LogP contribution < -0.4 is 5.32 Å². The molecule has 2 saturated heterocycles. The molecule has 0 saturated carbocycles. The van der Waals surface area contributed by atoms with Crippen molar-refractivity contribution in [2.75, 3.05) is 19.6 Å². The summed E-state index contributed by atoms with van der Waals surface area (Å²) in [5.41, 5.74) is 0. The first-order valence-corrected chi connectivity index (χ1v) is 7.53. The average molecular weight is 274 g/mol. The van der Waals surface area contributed by atoms with Crippen molar-refractivity contribution in [3.05, 3.63) is 24.3 Å². The molecular weight excluding hydrogens is 252 g/mol. The molecule has 0 spiro atoms. The quantitative estimate of drug-likeness (QED) is 0.880. The van der Waals surface area contributed by atoms with E-state index in [1.54, 1.807) is 12.4 Å². The number of aromatic nitrogens is 2. The zero-order valence-corrected chi connectivity index (χ0v) is 12.0. The van der Waals surface area contributed by atoms with Crippen LogP contribution in [0.3, 0.4) is 0 Å². The molecule has 5 nitrogen and oxygen atoms in total. The van der Waals surface area contributed by atoms with Gasteiger partial charge in [0, 0.05) is 31.4 Å². The molecule has 2 atom stereocenters. The summed E-state index contributed by atoms with van der Waals surface area (Å²) in [6.07, 6.45) is 6.50. The van der Waals surface area contributed by atoms with Crippen molar-refractivity contribution in [1.29, 1.82) is 0 Å². The third-order valence-corrected chi connectivity index (χ3v) is 4.41. The maximum absolute atomic E-state index is 12.4. The summed E-state index contributed by atoms with van der Waals surface area (Å²) in [6, 6.07) is 1.88. The van der Waals surface area contributed by atoms with E-state index in [4.69, 9.17) is 0 Å². The van der Waals surface area contributed by atoms with Crippen LogP contribution in [0.5, 0.6) is 0 Å². The van der Waals surface area contributed by atoms with Crippen molar-refractivity contribution in [3.8, 4) is 0 Å². The van der Waals surface area contributed by atoms with Gasteiger partial charge in [-0.25, -0.2) is 9.97 Å². The van der Waals surface area contributed by atoms with Crippen LogP contribution in [0, 0.1) is 5.92 Å². The van der Waals surface area contributed by atoms with Gasteiger partial charge in [0.15, 0.2) is 0 Å². The van der Waals surface area contributed by atoms with E-state index in [0.29, 0.717) is 11.8 Å². The molecule has 0 radical (unpaired) electrons. The molecule has 2 aliphatic heterocycles. The van der Waals surface area contributed by atoms with Crippen molar-refractivity contribution < 1.29 is 4.79 Å². The highest BCUT2D eigenvalue weighted by atomic mass is 16.2. The molecule has 2 aliphatic rings. The summed E-state index contributed by atoms with van der Waals surface area (Å²) in [6.45, 7) is 4.81. The number of nitrogens with one attached hydrogen (secondary N) is 1. The van der Waals surface area contributed by atoms with Gasteiger partial charge < -0.3 is 10.2 Å². The highest BCUT2D eigenvalue weighted by Gasteiger charge is 2.32. The van der Waals surface area contributed by atoms with Crippen LogP contribution in [0.15, 0.2) is 18.5 Å². The number of carbonyl (C=O) groups is 1. The number of carbonyl (C=O) groups excluding carboxylic acids is 1. The van der Waals surface area contributed by atoms with Gasteiger partial charge in [0.05, 0.1) is 6.04 Å². The van der Waals surface area contributed by atoms with E-state index in [1.165, 1.54) is 0 Å². The van der Waals surface area contributed by atoms with Gasteiger partial charge in [0.25, 0.3) is 0 Å². The van der Waals surface area contributed by atoms with Crippen LogP contribution in [0.1, 0.15) is 37.9 Å². The lowest BCUT2D eigenvalue weighted by molar-refractivity contribution is -0.134. The molecule has 1 N–H and O–H groups in total. The minimum absolute atomic E-state index is 0.0366. The predicted molar refractivity (Wildman–Crippen MR) is 76.2 cm³/mol. The first-order chi connectivity index (χ1) is 9.74. The first-order valence-electron chi connectivity index (χ1n) is 7.53. The fourth-order valence-electron chi connectivity index (χ4n) is 3.20. The summed E-state index contributed by atoms with van der Waals surface area (Å²) < 4.78 is 0. The number of nitrogens with zero attached hydrogens (tertiary/aromatic N) is 3. The molecule has 108 valence electrons. The van der Waals surface area contributed by atoms with Crippen LogP contribution in [0.25, 0.3) is 0 Å². The highest BCUT2D eigenvalue weighted by Crippen LogP contribution is 2.26. The third-order valence-electron chi connectivity index (χ3n) is 4.41. The monoisotopic (exact) mass is 274 g/mol. The SMILES string of the molecule is CC1CNC(C(=O)N2CCC(c3ncccn3)CC2)C1. The minimum Gasteiger partial charge on any atom is -0.341 e. The molecule has 1 aromatic rings. The normalized spacial score (nSPS) is 27.8. The van der Waals surface area contributed by atoms with Gasteiger partial charge in [-0.3, -0.25) is 4.79 Å². The first kappa shape index (κ1) is 13.5. The Morgan fingerprint density at radius 1 is 1.30 bits per heavy atom. The van der Waals surface area contributed by atoms with Gasteiger partial charge in [-0.2, -0.15) is 0 Å². The topological polar surface area (TPSA) is 58.1 Å². The average Bonchev–Trinajstić information content (AvgIpc) is 2.94. The van der Waals surface area contributed by atoms with Gasteiger partial charge >= 0.3 is 0 Å². The Labute approximate surface area is 119 Å². The molecule has 1 aromatic heterocycles. The number of amides is 1. The summed E-state index contributed by atoms with van der Waals surface area (Å²) in [5, 5.41) is 3.33. The third kappa shape index (κ3) is 2.82. The largest absolute Gasteiger partial charge is 0.341 e. The zero-order chi connectivity index (χ0) is 13.9. The maximum Gasteiger partial charge on any atom is 0.239 e. The lowest BCUT2D eigenvalue weighted by atomic mass is 9.95. The molecule has 3 rings (SSSR count). The fraction of sp³-hybridized carbons (Fsp3) is 0.667. The lowest BCUT2D eigenvalue weighted by Gasteiger charge is -2.33. The van der Waals surface area contributed by atoms with E-state index in [1.807, 2.05) is 11.0 Å². The molecule has 0 aliphatic carbocycles. The predicted octanol–water partition coefficient (Wildman–Crippen LogP) is 1.18. The molecule has 20 heavy (non-hydrogen) atoms. The number of hydrogen-bond acceptors (Lipinski definition) is 4. The number of piperidine rings is 1. The van der Waals surface area contributed by atoms with E-state index in [0.717, 1.165) is 44.7 Å². The van der Waals surface area contributed by atoms with Crippen molar-refractivity contribution in [1.82, 2.24) is 20.2 Å². The number of likely N-dealkylation sites (tertiary alicyclic amines) is 1. The van der Waals surface area contributed by atoms with Gasteiger partial charge in [-0.05, 0) is 37.8 Å². The van der Waals surface area contributed by atoms with Crippen LogP contribution in [0.4, 0.5) is 0 Å². The van der Waals surface area contributed by atoms with Gasteiger partial charge in [0.1, 0.15) is 5.82 Å². The van der Waals surface area contributed by atoms with E-state index >= 15 is 0 Å². The maximum atomic E-state index is 12.4. The Balaban J connectivity index is 1.55. The van der Waals surface area contributed by atoms with Crippen molar-refractivity contribution in [2.24, 2.45) is 5.92 Å². The standard InChI is InChI=1S/C15H22N4O/c1-11-9-13(18-10-11)15(20)19-7-3-12(4-8-19)14-16-5-2-6-17-14/h2,5-6,11-13,18H,3-4,7-10H2,1H3. The van der Waals surface area contributed by atoms with Gasteiger partial charge in [0.2, 0.25) is 5.91 Å². The molecule has 0 bridgehead atoms. The summed E-state index contributed by atoms with van der Waals surface area (Å²) in [7, 11) is 0. The Bertz CT molecular complexity index is 456. The van der Waals surface area contributed by atoms with E-state index in [2.05, 4.69) is 22.2 Å². The number of hydrogen-bond donors (Lipinski definition) is 1. The minimum atomic E-state index is 0.0366. The second-order valence-electron chi connectivity index (χ2n) is 6.01. The molecule has 3 heterocycles. The Kier molecular flexibility index (Phi) is 3.96. The highest BCUT2D eigenvalue weighted by molar-refractivity contribution is 5.82. The number of rotatable bonds is 2. The molecule has 5 heteroatoms. The Morgan fingerprint density at radius 2 is 2.00 bits per heavy atom. The molecular formula is C15H22N4O.